The third kappa shape index (κ3) is 1.58. The van der Waals surface area contributed by atoms with Gasteiger partial charge in [0.05, 0.1) is 17.6 Å². The second-order valence-electron chi connectivity index (χ2n) is 4.00. The van der Waals surface area contributed by atoms with Gasteiger partial charge in [0.1, 0.15) is 12.1 Å². The van der Waals surface area contributed by atoms with E-state index in [0.717, 1.165) is 5.69 Å². The molecule has 0 aliphatic rings. The van der Waals surface area contributed by atoms with Crippen LogP contribution in [0.4, 0.5) is 4.39 Å². The molecule has 0 bridgehead atoms. The zero-order valence-electron chi connectivity index (χ0n) is 9.55. The molecule has 90 valence electrons. The molecular formula is C14H11FN2O. The number of para-hydroxylation sites is 1. The SMILES string of the molecule is OCc1c(F)ccc2ncn(-c3ccccc3)c12. The molecule has 0 unspecified atom stereocenters. The molecule has 0 aliphatic carbocycles. The van der Waals surface area contributed by atoms with E-state index in [0.29, 0.717) is 11.0 Å². The van der Waals surface area contributed by atoms with Gasteiger partial charge < -0.3 is 5.11 Å². The molecule has 1 aromatic heterocycles. The summed E-state index contributed by atoms with van der Waals surface area (Å²) in [6.45, 7) is -0.346. The first kappa shape index (κ1) is 10.9. The van der Waals surface area contributed by atoms with Gasteiger partial charge in [-0.1, -0.05) is 18.2 Å². The normalized spacial score (nSPS) is 11.0. The Balaban J connectivity index is 2.34. The first-order chi connectivity index (χ1) is 8.81. The van der Waals surface area contributed by atoms with Crippen molar-refractivity contribution in [3.8, 4) is 5.69 Å². The fourth-order valence-electron chi connectivity index (χ4n) is 2.08. The molecule has 4 heteroatoms. The summed E-state index contributed by atoms with van der Waals surface area (Å²) in [5.41, 5.74) is 2.45. The van der Waals surface area contributed by atoms with Crippen LogP contribution in [0.3, 0.4) is 0 Å². The van der Waals surface area contributed by atoms with E-state index in [2.05, 4.69) is 4.98 Å². The van der Waals surface area contributed by atoms with E-state index in [4.69, 9.17) is 0 Å². The number of aromatic nitrogens is 2. The Morgan fingerprint density at radius 3 is 2.61 bits per heavy atom. The van der Waals surface area contributed by atoms with Crippen molar-refractivity contribution in [1.82, 2.24) is 9.55 Å². The number of fused-ring (bicyclic) bond motifs is 1. The summed E-state index contributed by atoms with van der Waals surface area (Å²) in [7, 11) is 0. The number of halogens is 1. The van der Waals surface area contributed by atoms with E-state index in [1.54, 1.807) is 17.0 Å². The number of hydrogen-bond donors (Lipinski definition) is 1. The third-order valence-electron chi connectivity index (χ3n) is 2.95. The molecule has 0 aliphatic heterocycles. The highest BCUT2D eigenvalue weighted by Gasteiger charge is 2.12. The minimum Gasteiger partial charge on any atom is -0.391 e. The lowest BCUT2D eigenvalue weighted by Gasteiger charge is -2.07. The van der Waals surface area contributed by atoms with Crippen LogP contribution >= 0.6 is 0 Å². The van der Waals surface area contributed by atoms with Crippen LogP contribution in [0.5, 0.6) is 0 Å². The molecular weight excluding hydrogens is 231 g/mol. The molecule has 0 fully saturated rings. The van der Waals surface area contributed by atoms with Crippen LogP contribution in [0.15, 0.2) is 48.8 Å². The van der Waals surface area contributed by atoms with Gasteiger partial charge in [0.2, 0.25) is 0 Å². The van der Waals surface area contributed by atoms with E-state index in [1.165, 1.54) is 6.07 Å². The highest BCUT2D eigenvalue weighted by molar-refractivity contribution is 5.81. The molecule has 1 heterocycles. The van der Waals surface area contributed by atoms with Crippen molar-refractivity contribution in [1.29, 1.82) is 0 Å². The summed E-state index contributed by atoms with van der Waals surface area (Å²) in [6.07, 6.45) is 1.64. The average Bonchev–Trinajstić information content (AvgIpc) is 2.83. The number of rotatable bonds is 2. The Bertz CT molecular complexity index is 692. The second kappa shape index (κ2) is 4.23. The van der Waals surface area contributed by atoms with Crippen molar-refractivity contribution in [2.45, 2.75) is 6.61 Å². The van der Waals surface area contributed by atoms with Gasteiger partial charge in [0, 0.05) is 11.3 Å². The Labute approximate surface area is 103 Å². The molecule has 1 N–H and O–H groups in total. The van der Waals surface area contributed by atoms with Crippen molar-refractivity contribution >= 4 is 11.0 Å². The van der Waals surface area contributed by atoms with Gasteiger partial charge in [0.15, 0.2) is 0 Å². The van der Waals surface area contributed by atoms with Crippen molar-refractivity contribution in [2.24, 2.45) is 0 Å². The van der Waals surface area contributed by atoms with Crippen LogP contribution in [0, 0.1) is 5.82 Å². The Morgan fingerprint density at radius 2 is 1.89 bits per heavy atom. The summed E-state index contributed by atoms with van der Waals surface area (Å²) < 4.78 is 15.5. The smallest absolute Gasteiger partial charge is 0.130 e. The maximum Gasteiger partial charge on any atom is 0.130 e. The van der Waals surface area contributed by atoms with Crippen LogP contribution in [0.2, 0.25) is 0 Å². The molecule has 3 nitrogen and oxygen atoms in total. The van der Waals surface area contributed by atoms with E-state index in [-0.39, 0.29) is 12.2 Å². The summed E-state index contributed by atoms with van der Waals surface area (Å²) in [4.78, 5) is 4.23. The van der Waals surface area contributed by atoms with Crippen LogP contribution in [0.1, 0.15) is 5.56 Å². The largest absolute Gasteiger partial charge is 0.391 e. The zero-order chi connectivity index (χ0) is 12.5. The molecule has 0 spiro atoms. The first-order valence-electron chi connectivity index (χ1n) is 5.62. The molecule has 3 aromatic rings. The van der Waals surface area contributed by atoms with E-state index < -0.39 is 5.82 Å². The van der Waals surface area contributed by atoms with Gasteiger partial charge in [0.25, 0.3) is 0 Å². The highest BCUT2D eigenvalue weighted by Crippen LogP contribution is 2.24. The van der Waals surface area contributed by atoms with Gasteiger partial charge in [-0.3, -0.25) is 4.57 Å². The molecule has 0 saturated carbocycles. The summed E-state index contributed by atoms with van der Waals surface area (Å²) in [6, 6.07) is 12.5. The molecule has 0 radical (unpaired) electrons. The number of hydrogen-bond acceptors (Lipinski definition) is 2. The van der Waals surface area contributed by atoms with E-state index in [9.17, 15) is 9.50 Å². The molecule has 0 saturated heterocycles. The van der Waals surface area contributed by atoms with E-state index in [1.807, 2.05) is 30.3 Å². The van der Waals surface area contributed by atoms with Gasteiger partial charge in [-0.25, -0.2) is 9.37 Å². The molecule has 18 heavy (non-hydrogen) atoms. The fourth-order valence-corrected chi connectivity index (χ4v) is 2.08. The second-order valence-corrected chi connectivity index (χ2v) is 4.00. The standard InChI is InChI=1S/C14H11FN2O/c15-12-6-7-13-14(11(12)8-18)17(9-16-13)10-4-2-1-3-5-10/h1-7,9,18H,8H2. The summed E-state index contributed by atoms with van der Waals surface area (Å²) in [5, 5.41) is 9.33. The Morgan fingerprint density at radius 1 is 1.11 bits per heavy atom. The monoisotopic (exact) mass is 242 g/mol. The number of imidazole rings is 1. The Hall–Kier alpha value is -2.20. The van der Waals surface area contributed by atoms with Crippen molar-refractivity contribution in [2.75, 3.05) is 0 Å². The van der Waals surface area contributed by atoms with E-state index >= 15 is 0 Å². The van der Waals surface area contributed by atoms with Gasteiger partial charge in [-0.15, -0.1) is 0 Å². The fraction of sp³-hybridized carbons (Fsp3) is 0.0714. The lowest BCUT2D eigenvalue weighted by atomic mass is 10.1. The van der Waals surface area contributed by atoms with Crippen molar-refractivity contribution < 1.29 is 9.50 Å². The topological polar surface area (TPSA) is 38.1 Å². The highest BCUT2D eigenvalue weighted by atomic mass is 19.1. The lowest BCUT2D eigenvalue weighted by Crippen LogP contribution is -1.98. The first-order valence-corrected chi connectivity index (χ1v) is 5.62. The summed E-state index contributed by atoms with van der Waals surface area (Å²) >= 11 is 0. The van der Waals surface area contributed by atoms with Gasteiger partial charge in [-0.2, -0.15) is 0 Å². The summed E-state index contributed by atoms with van der Waals surface area (Å²) in [5.74, 6) is -0.414. The van der Waals surface area contributed by atoms with Crippen LogP contribution in [-0.4, -0.2) is 14.7 Å². The van der Waals surface area contributed by atoms with Crippen LogP contribution < -0.4 is 0 Å². The number of nitrogens with zero attached hydrogens (tertiary/aromatic N) is 2. The zero-order valence-corrected chi connectivity index (χ0v) is 9.55. The average molecular weight is 242 g/mol. The maximum absolute atomic E-state index is 13.7. The molecule has 3 rings (SSSR count). The van der Waals surface area contributed by atoms with Crippen LogP contribution in [-0.2, 0) is 6.61 Å². The van der Waals surface area contributed by atoms with Gasteiger partial charge in [-0.05, 0) is 24.3 Å². The number of benzene rings is 2. The number of aliphatic hydroxyl groups is 1. The lowest BCUT2D eigenvalue weighted by molar-refractivity contribution is 0.277. The molecule has 0 atom stereocenters. The number of aliphatic hydroxyl groups excluding tert-OH is 1. The van der Waals surface area contributed by atoms with Crippen molar-refractivity contribution in [3.05, 3.63) is 60.2 Å². The van der Waals surface area contributed by atoms with Gasteiger partial charge >= 0.3 is 0 Å². The van der Waals surface area contributed by atoms with Crippen molar-refractivity contribution in [3.63, 3.8) is 0 Å². The molecule has 0 amide bonds. The molecule has 2 aromatic carbocycles. The third-order valence-corrected chi connectivity index (χ3v) is 2.95. The minimum absolute atomic E-state index is 0.272. The predicted octanol–water partition coefficient (Wildman–Crippen LogP) is 2.66. The predicted molar refractivity (Wildman–Crippen MR) is 67.0 cm³/mol. The van der Waals surface area contributed by atoms with Crippen LogP contribution in [0.25, 0.3) is 16.7 Å². The quantitative estimate of drug-likeness (QED) is 0.750. The Kier molecular flexibility index (Phi) is 2.57. The minimum atomic E-state index is -0.414. The maximum atomic E-state index is 13.7.